The van der Waals surface area contributed by atoms with Crippen molar-refractivity contribution in [1.29, 1.82) is 0 Å². The second-order valence-corrected chi connectivity index (χ2v) is 7.22. The maximum Gasteiger partial charge on any atom is 0.282 e. The number of aliphatic hydroxyl groups excluding tert-OH is 1. The van der Waals surface area contributed by atoms with E-state index in [0.29, 0.717) is 32.8 Å². The highest BCUT2D eigenvalue weighted by Gasteiger charge is 2.35. The van der Waals surface area contributed by atoms with Crippen LogP contribution < -0.4 is 0 Å². The minimum atomic E-state index is -3.35. The second-order valence-electron chi connectivity index (χ2n) is 5.29. The molecule has 19 heavy (non-hydrogen) atoms. The summed E-state index contributed by atoms with van der Waals surface area (Å²) in [6, 6.07) is 0. The smallest absolute Gasteiger partial charge is 0.282 e. The van der Waals surface area contributed by atoms with Gasteiger partial charge >= 0.3 is 0 Å². The number of aliphatic hydroxyl groups is 1. The summed E-state index contributed by atoms with van der Waals surface area (Å²) in [6.45, 7) is 4.57. The molecule has 1 unspecified atom stereocenters. The maximum atomic E-state index is 12.5. The minimum Gasteiger partial charge on any atom is -0.396 e. The van der Waals surface area contributed by atoms with E-state index in [0.717, 1.165) is 19.3 Å². The van der Waals surface area contributed by atoms with Gasteiger partial charge in [-0.05, 0) is 25.2 Å². The Kier molecular flexibility index (Phi) is 5.19. The lowest BCUT2D eigenvalue weighted by Crippen LogP contribution is -2.52. The molecule has 7 heteroatoms. The highest BCUT2D eigenvalue weighted by molar-refractivity contribution is 7.86. The highest BCUT2D eigenvalue weighted by Crippen LogP contribution is 2.22. The summed E-state index contributed by atoms with van der Waals surface area (Å²) in [7, 11) is -3.35. The number of hydrogen-bond donors (Lipinski definition) is 1. The molecule has 0 aromatic carbocycles. The van der Waals surface area contributed by atoms with Crippen LogP contribution in [0.2, 0.25) is 0 Å². The fraction of sp³-hybridized carbons (Fsp3) is 1.00. The maximum absolute atomic E-state index is 12.5. The first-order chi connectivity index (χ1) is 9.07. The molecular formula is C12H24N2O4S. The van der Waals surface area contributed by atoms with Gasteiger partial charge in [0.1, 0.15) is 0 Å². The van der Waals surface area contributed by atoms with E-state index in [2.05, 4.69) is 0 Å². The Bertz CT molecular complexity index is 379. The van der Waals surface area contributed by atoms with Gasteiger partial charge in [-0.2, -0.15) is 17.0 Å². The zero-order valence-corrected chi connectivity index (χ0v) is 12.3. The van der Waals surface area contributed by atoms with Crippen molar-refractivity contribution in [3.8, 4) is 0 Å². The molecule has 1 atom stereocenters. The predicted molar refractivity (Wildman–Crippen MR) is 71.9 cm³/mol. The first-order valence-corrected chi connectivity index (χ1v) is 8.45. The van der Waals surface area contributed by atoms with Gasteiger partial charge < -0.3 is 9.84 Å². The van der Waals surface area contributed by atoms with E-state index in [4.69, 9.17) is 9.84 Å². The molecule has 2 heterocycles. The van der Waals surface area contributed by atoms with Gasteiger partial charge in [0.15, 0.2) is 0 Å². The zero-order chi connectivity index (χ0) is 13.9. The van der Waals surface area contributed by atoms with Crippen LogP contribution in [-0.2, 0) is 14.9 Å². The molecule has 2 saturated heterocycles. The zero-order valence-electron chi connectivity index (χ0n) is 11.5. The van der Waals surface area contributed by atoms with Crippen LogP contribution in [-0.4, -0.2) is 67.6 Å². The standard InChI is InChI=1S/C12H24N2O4S/c1-2-12-9-14(7-8-18-12)19(16,17)13-5-3-11(10-15)4-6-13/h11-12,15H,2-10H2,1H3. The molecule has 0 bridgehead atoms. The fourth-order valence-electron chi connectivity index (χ4n) is 2.63. The van der Waals surface area contributed by atoms with Gasteiger partial charge in [0.05, 0.1) is 12.7 Å². The van der Waals surface area contributed by atoms with E-state index in [1.807, 2.05) is 6.92 Å². The van der Waals surface area contributed by atoms with Crippen LogP contribution in [0.3, 0.4) is 0 Å². The summed E-state index contributed by atoms with van der Waals surface area (Å²) in [5.74, 6) is 0.250. The molecule has 2 fully saturated rings. The van der Waals surface area contributed by atoms with Crippen molar-refractivity contribution in [2.45, 2.75) is 32.3 Å². The molecule has 6 nitrogen and oxygen atoms in total. The van der Waals surface area contributed by atoms with Crippen LogP contribution in [0.5, 0.6) is 0 Å². The summed E-state index contributed by atoms with van der Waals surface area (Å²) in [6.07, 6.45) is 2.34. The summed E-state index contributed by atoms with van der Waals surface area (Å²) >= 11 is 0. The van der Waals surface area contributed by atoms with Gasteiger partial charge in [-0.25, -0.2) is 0 Å². The molecule has 2 aliphatic heterocycles. The van der Waals surface area contributed by atoms with Gasteiger partial charge in [0.25, 0.3) is 10.2 Å². The monoisotopic (exact) mass is 292 g/mol. The summed E-state index contributed by atoms with van der Waals surface area (Å²) in [5.41, 5.74) is 0. The number of nitrogens with zero attached hydrogens (tertiary/aromatic N) is 2. The van der Waals surface area contributed by atoms with Crippen molar-refractivity contribution in [1.82, 2.24) is 8.61 Å². The summed E-state index contributed by atoms with van der Waals surface area (Å²) in [5, 5.41) is 9.10. The SMILES string of the molecule is CCC1CN(S(=O)(=O)N2CCC(CO)CC2)CCO1. The third kappa shape index (κ3) is 3.46. The number of piperidine rings is 1. The van der Waals surface area contributed by atoms with E-state index in [9.17, 15) is 8.42 Å². The largest absolute Gasteiger partial charge is 0.396 e. The topological polar surface area (TPSA) is 70.1 Å². The Balaban J connectivity index is 1.98. The number of rotatable bonds is 4. The lowest BCUT2D eigenvalue weighted by Gasteiger charge is -2.37. The second kappa shape index (κ2) is 6.49. The lowest BCUT2D eigenvalue weighted by atomic mass is 10.00. The Morgan fingerprint density at radius 1 is 1.21 bits per heavy atom. The number of hydrogen-bond acceptors (Lipinski definition) is 4. The molecular weight excluding hydrogens is 268 g/mol. The van der Waals surface area contributed by atoms with Crippen LogP contribution in [0.15, 0.2) is 0 Å². The molecule has 0 saturated carbocycles. The fourth-order valence-corrected chi connectivity index (χ4v) is 4.29. The van der Waals surface area contributed by atoms with Gasteiger partial charge in [0.2, 0.25) is 0 Å². The first kappa shape index (κ1) is 15.2. The average molecular weight is 292 g/mol. The molecule has 0 radical (unpaired) electrons. The molecule has 0 aromatic rings. The lowest BCUT2D eigenvalue weighted by molar-refractivity contribution is -0.00492. The van der Waals surface area contributed by atoms with Crippen molar-refractivity contribution in [3.05, 3.63) is 0 Å². The molecule has 112 valence electrons. The van der Waals surface area contributed by atoms with Crippen LogP contribution in [0, 0.1) is 5.92 Å². The molecule has 0 spiro atoms. The minimum absolute atomic E-state index is 0.0125. The van der Waals surface area contributed by atoms with E-state index in [1.54, 1.807) is 8.61 Å². The molecule has 0 amide bonds. The van der Waals surface area contributed by atoms with Gasteiger partial charge in [-0.15, -0.1) is 0 Å². The third-order valence-corrected chi connectivity index (χ3v) is 6.04. The van der Waals surface area contributed by atoms with Crippen LogP contribution in [0.1, 0.15) is 26.2 Å². The van der Waals surface area contributed by atoms with Crippen LogP contribution in [0.25, 0.3) is 0 Å². The first-order valence-electron chi connectivity index (χ1n) is 7.05. The van der Waals surface area contributed by atoms with E-state index in [-0.39, 0.29) is 18.6 Å². The van der Waals surface area contributed by atoms with Gasteiger partial charge in [-0.1, -0.05) is 6.92 Å². The number of morpholine rings is 1. The number of ether oxygens (including phenoxy) is 1. The van der Waals surface area contributed by atoms with Crippen LogP contribution >= 0.6 is 0 Å². The Hall–Kier alpha value is -0.210. The van der Waals surface area contributed by atoms with Crippen molar-refractivity contribution >= 4 is 10.2 Å². The average Bonchev–Trinajstić information content (AvgIpc) is 2.47. The van der Waals surface area contributed by atoms with Crippen molar-refractivity contribution < 1.29 is 18.3 Å². The Morgan fingerprint density at radius 2 is 1.89 bits per heavy atom. The molecule has 2 rings (SSSR count). The molecule has 0 aliphatic carbocycles. The molecule has 2 aliphatic rings. The summed E-state index contributed by atoms with van der Waals surface area (Å²) in [4.78, 5) is 0. The highest BCUT2D eigenvalue weighted by atomic mass is 32.2. The predicted octanol–water partition coefficient (Wildman–Crippen LogP) is 0.0463. The molecule has 1 N–H and O–H groups in total. The Morgan fingerprint density at radius 3 is 2.47 bits per heavy atom. The van der Waals surface area contributed by atoms with Crippen molar-refractivity contribution in [2.75, 3.05) is 39.4 Å². The van der Waals surface area contributed by atoms with Crippen molar-refractivity contribution in [2.24, 2.45) is 5.92 Å². The molecule has 0 aromatic heterocycles. The van der Waals surface area contributed by atoms with Gasteiger partial charge in [0, 0.05) is 32.8 Å². The van der Waals surface area contributed by atoms with E-state index < -0.39 is 10.2 Å². The van der Waals surface area contributed by atoms with Crippen molar-refractivity contribution in [3.63, 3.8) is 0 Å². The van der Waals surface area contributed by atoms with Gasteiger partial charge in [-0.3, -0.25) is 0 Å². The van der Waals surface area contributed by atoms with Crippen LogP contribution in [0.4, 0.5) is 0 Å². The normalized spacial score (nSPS) is 28.6. The summed E-state index contributed by atoms with van der Waals surface area (Å²) < 4.78 is 33.7. The van der Waals surface area contributed by atoms with E-state index >= 15 is 0 Å². The Labute approximate surface area is 115 Å². The quantitative estimate of drug-likeness (QED) is 0.794. The third-order valence-electron chi connectivity index (χ3n) is 4.04. The van der Waals surface area contributed by atoms with E-state index in [1.165, 1.54) is 0 Å².